The molecule has 4 heteroatoms. The number of nitrogens with one attached hydrogen (secondary N) is 1. The van der Waals surface area contributed by atoms with Crippen LogP contribution in [0.25, 0.3) is 0 Å². The molecule has 0 radical (unpaired) electrons. The fourth-order valence-electron chi connectivity index (χ4n) is 2.40. The minimum absolute atomic E-state index is 0.0346. The van der Waals surface area contributed by atoms with Crippen LogP contribution in [-0.4, -0.2) is 31.9 Å². The first kappa shape index (κ1) is 11.0. The monoisotopic (exact) mass is 237 g/mol. The Balaban J connectivity index is 1.55. The maximum absolute atomic E-state index is 13.0. The molecule has 92 valence electrons. The van der Waals surface area contributed by atoms with Crippen molar-refractivity contribution in [3.8, 4) is 5.75 Å². The maximum Gasteiger partial charge on any atom is 0.126 e. The lowest BCUT2D eigenvalue weighted by Crippen LogP contribution is -2.26. The molecule has 3 rings (SSSR count). The van der Waals surface area contributed by atoms with Gasteiger partial charge in [-0.05, 0) is 31.2 Å². The molecule has 0 saturated carbocycles. The molecule has 0 bridgehead atoms. The molecule has 2 aliphatic heterocycles. The topological polar surface area (TPSA) is 30.5 Å². The van der Waals surface area contributed by atoms with Crippen molar-refractivity contribution in [1.82, 2.24) is 5.32 Å². The normalized spacial score (nSPS) is 26.9. The van der Waals surface area contributed by atoms with Gasteiger partial charge in [-0.2, -0.15) is 0 Å². The third-order valence-corrected chi connectivity index (χ3v) is 3.30. The highest BCUT2D eigenvalue weighted by Crippen LogP contribution is 2.29. The van der Waals surface area contributed by atoms with Crippen LogP contribution in [0.15, 0.2) is 18.2 Å². The van der Waals surface area contributed by atoms with Gasteiger partial charge in [0, 0.05) is 18.5 Å². The average Bonchev–Trinajstić information content (AvgIpc) is 2.94. The Bertz CT molecular complexity index is 404. The van der Waals surface area contributed by atoms with Crippen molar-refractivity contribution in [3.05, 3.63) is 29.6 Å². The van der Waals surface area contributed by atoms with E-state index in [1.54, 1.807) is 12.1 Å². The quantitative estimate of drug-likeness (QED) is 0.864. The van der Waals surface area contributed by atoms with Gasteiger partial charge in [0.2, 0.25) is 0 Å². The molecule has 1 fully saturated rings. The van der Waals surface area contributed by atoms with Gasteiger partial charge < -0.3 is 14.8 Å². The van der Waals surface area contributed by atoms with Crippen molar-refractivity contribution in [3.63, 3.8) is 0 Å². The Kier molecular flexibility index (Phi) is 2.99. The predicted molar refractivity (Wildman–Crippen MR) is 61.7 cm³/mol. The highest BCUT2D eigenvalue weighted by Gasteiger charge is 2.25. The van der Waals surface area contributed by atoms with Gasteiger partial charge in [0.1, 0.15) is 17.7 Å². The van der Waals surface area contributed by atoms with Crippen LogP contribution in [0.3, 0.4) is 0 Å². The van der Waals surface area contributed by atoms with Crippen LogP contribution in [0.5, 0.6) is 5.75 Å². The molecule has 0 aliphatic carbocycles. The molecule has 17 heavy (non-hydrogen) atoms. The van der Waals surface area contributed by atoms with E-state index in [1.165, 1.54) is 6.07 Å². The van der Waals surface area contributed by atoms with Crippen molar-refractivity contribution in [2.75, 3.05) is 19.7 Å². The van der Waals surface area contributed by atoms with E-state index >= 15 is 0 Å². The van der Waals surface area contributed by atoms with Crippen LogP contribution in [0.1, 0.15) is 12.0 Å². The summed E-state index contributed by atoms with van der Waals surface area (Å²) in [5.41, 5.74) is 0.947. The van der Waals surface area contributed by atoms with Gasteiger partial charge >= 0.3 is 0 Å². The first-order valence-corrected chi connectivity index (χ1v) is 6.08. The third kappa shape index (κ3) is 2.42. The first-order valence-electron chi connectivity index (χ1n) is 6.08. The van der Waals surface area contributed by atoms with Crippen LogP contribution in [0.2, 0.25) is 0 Å². The molecule has 0 amide bonds. The molecular weight excluding hydrogens is 221 g/mol. The minimum Gasteiger partial charge on any atom is -0.487 e. The van der Waals surface area contributed by atoms with E-state index in [2.05, 4.69) is 5.32 Å². The molecule has 0 spiro atoms. The largest absolute Gasteiger partial charge is 0.487 e. The lowest BCUT2D eigenvalue weighted by Gasteiger charge is -2.15. The highest BCUT2D eigenvalue weighted by molar-refractivity contribution is 5.37. The van der Waals surface area contributed by atoms with Crippen molar-refractivity contribution in [2.45, 2.75) is 25.0 Å². The molecule has 2 unspecified atom stereocenters. The average molecular weight is 237 g/mol. The molecule has 2 atom stereocenters. The van der Waals surface area contributed by atoms with E-state index in [1.807, 2.05) is 0 Å². The zero-order chi connectivity index (χ0) is 11.7. The van der Waals surface area contributed by atoms with Crippen molar-refractivity contribution < 1.29 is 13.9 Å². The Morgan fingerprint density at radius 2 is 2.41 bits per heavy atom. The summed E-state index contributed by atoms with van der Waals surface area (Å²) in [6, 6.07) is 4.68. The second kappa shape index (κ2) is 4.63. The van der Waals surface area contributed by atoms with Crippen LogP contribution in [0, 0.1) is 5.82 Å². The van der Waals surface area contributed by atoms with E-state index in [0.717, 1.165) is 37.2 Å². The number of benzene rings is 1. The summed E-state index contributed by atoms with van der Waals surface area (Å²) < 4.78 is 24.5. The Hall–Kier alpha value is -1.13. The number of hydrogen-bond donors (Lipinski definition) is 1. The second-order valence-corrected chi connectivity index (χ2v) is 4.64. The standard InChI is InChI=1S/C13H16FNO2/c14-10-1-2-13-9(5-10)6-12(17-13)8-16-11-3-4-15-7-11/h1-2,5,11-12,15H,3-4,6-8H2. The molecule has 1 saturated heterocycles. The number of rotatable bonds is 3. The maximum atomic E-state index is 13.0. The number of fused-ring (bicyclic) bond motifs is 1. The summed E-state index contributed by atoms with van der Waals surface area (Å²) in [5.74, 6) is 0.596. The predicted octanol–water partition coefficient (Wildman–Crippen LogP) is 1.51. The van der Waals surface area contributed by atoms with Crippen LogP contribution in [-0.2, 0) is 11.2 Å². The van der Waals surface area contributed by atoms with E-state index in [4.69, 9.17) is 9.47 Å². The van der Waals surface area contributed by atoms with Crippen molar-refractivity contribution in [1.29, 1.82) is 0 Å². The fraction of sp³-hybridized carbons (Fsp3) is 0.538. The van der Waals surface area contributed by atoms with E-state index < -0.39 is 0 Å². The summed E-state index contributed by atoms with van der Waals surface area (Å²) >= 11 is 0. The third-order valence-electron chi connectivity index (χ3n) is 3.30. The lowest BCUT2D eigenvalue weighted by molar-refractivity contribution is 0.0164. The van der Waals surface area contributed by atoms with Gasteiger partial charge in [-0.3, -0.25) is 0 Å². The smallest absolute Gasteiger partial charge is 0.126 e. The van der Waals surface area contributed by atoms with E-state index in [-0.39, 0.29) is 11.9 Å². The summed E-state index contributed by atoms with van der Waals surface area (Å²) in [6.45, 7) is 2.54. The summed E-state index contributed by atoms with van der Waals surface area (Å²) in [4.78, 5) is 0. The molecule has 1 aromatic rings. The number of halogens is 1. The molecule has 3 nitrogen and oxygen atoms in total. The lowest BCUT2D eigenvalue weighted by atomic mass is 10.1. The molecule has 2 heterocycles. The van der Waals surface area contributed by atoms with Gasteiger partial charge in [-0.1, -0.05) is 0 Å². The minimum atomic E-state index is -0.200. The number of ether oxygens (including phenoxy) is 2. The van der Waals surface area contributed by atoms with Gasteiger partial charge in [-0.25, -0.2) is 4.39 Å². The van der Waals surface area contributed by atoms with Gasteiger partial charge in [0.05, 0.1) is 12.7 Å². The van der Waals surface area contributed by atoms with E-state index in [9.17, 15) is 4.39 Å². The van der Waals surface area contributed by atoms with Gasteiger partial charge in [-0.15, -0.1) is 0 Å². The molecule has 2 aliphatic rings. The molecule has 0 aromatic heterocycles. The molecule has 1 N–H and O–H groups in total. The number of hydrogen-bond acceptors (Lipinski definition) is 3. The Morgan fingerprint density at radius 1 is 1.47 bits per heavy atom. The molecular formula is C13H16FNO2. The first-order chi connectivity index (χ1) is 8.31. The zero-order valence-electron chi connectivity index (χ0n) is 9.62. The van der Waals surface area contributed by atoms with Gasteiger partial charge in [0.15, 0.2) is 0 Å². The summed E-state index contributed by atoms with van der Waals surface area (Å²) in [6.07, 6.45) is 2.15. The summed E-state index contributed by atoms with van der Waals surface area (Å²) in [5, 5.41) is 3.26. The fourth-order valence-corrected chi connectivity index (χ4v) is 2.40. The van der Waals surface area contributed by atoms with Gasteiger partial charge in [0.25, 0.3) is 0 Å². The molecule has 1 aromatic carbocycles. The van der Waals surface area contributed by atoms with Crippen LogP contribution >= 0.6 is 0 Å². The van der Waals surface area contributed by atoms with E-state index in [0.29, 0.717) is 12.7 Å². The second-order valence-electron chi connectivity index (χ2n) is 4.64. The summed E-state index contributed by atoms with van der Waals surface area (Å²) in [7, 11) is 0. The highest BCUT2D eigenvalue weighted by atomic mass is 19.1. The van der Waals surface area contributed by atoms with Crippen LogP contribution < -0.4 is 10.1 Å². The van der Waals surface area contributed by atoms with Crippen molar-refractivity contribution >= 4 is 0 Å². The Morgan fingerprint density at radius 3 is 3.24 bits per heavy atom. The zero-order valence-corrected chi connectivity index (χ0v) is 9.62. The van der Waals surface area contributed by atoms with Crippen molar-refractivity contribution in [2.24, 2.45) is 0 Å². The Labute approximate surface area is 99.9 Å². The van der Waals surface area contributed by atoms with Crippen LogP contribution in [0.4, 0.5) is 4.39 Å². The SMILES string of the molecule is Fc1ccc2c(c1)CC(COC1CCNC1)O2.